The molecule has 1 fully saturated rings. The first-order valence-corrected chi connectivity index (χ1v) is 13.0. The predicted molar refractivity (Wildman–Crippen MR) is 150 cm³/mol. The zero-order valence-electron chi connectivity index (χ0n) is 22.4. The van der Waals surface area contributed by atoms with E-state index >= 15 is 0 Å². The van der Waals surface area contributed by atoms with Crippen LogP contribution in [-0.2, 0) is 12.6 Å². The van der Waals surface area contributed by atoms with E-state index < -0.39 is 11.7 Å². The van der Waals surface area contributed by atoms with E-state index in [1.165, 1.54) is 25.0 Å². The maximum absolute atomic E-state index is 13.1. The van der Waals surface area contributed by atoms with Gasteiger partial charge < -0.3 is 19.7 Å². The molecule has 0 saturated heterocycles. The molecule has 0 heterocycles. The second-order valence-electron chi connectivity index (χ2n) is 9.82. The highest BCUT2D eigenvalue weighted by molar-refractivity contribution is 5.61. The van der Waals surface area contributed by atoms with Crippen molar-refractivity contribution in [3.05, 3.63) is 114 Å². The van der Waals surface area contributed by atoms with Crippen LogP contribution < -0.4 is 19.7 Å². The number of benzene rings is 3. The number of nitrogens with one attached hydrogen (secondary N) is 1. The van der Waals surface area contributed by atoms with Crippen molar-refractivity contribution in [2.75, 3.05) is 32.2 Å². The first-order chi connectivity index (χ1) is 18.7. The lowest BCUT2D eigenvalue weighted by molar-refractivity contribution is -0.137. The van der Waals surface area contributed by atoms with Crippen LogP contribution >= 0.6 is 0 Å². The second kappa shape index (κ2) is 12.3. The average molecular weight is 537 g/mol. The van der Waals surface area contributed by atoms with Crippen LogP contribution in [0.2, 0.25) is 0 Å². The highest BCUT2D eigenvalue weighted by Crippen LogP contribution is 2.38. The van der Waals surface area contributed by atoms with Crippen LogP contribution in [0.5, 0.6) is 11.5 Å². The third-order valence-electron chi connectivity index (χ3n) is 7.06. The van der Waals surface area contributed by atoms with Crippen molar-refractivity contribution in [2.24, 2.45) is 5.92 Å². The lowest BCUT2D eigenvalue weighted by atomic mass is 9.91. The Labute approximate surface area is 228 Å². The molecular formula is C32H35F3N2O2. The summed E-state index contributed by atoms with van der Waals surface area (Å²) in [6.45, 7) is 10.3. The van der Waals surface area contributed by atoms with E-state index in [1.807, 2.05) is 36.4 Å². The second-order valence-corrected chi connectivity index (χ2v) is 9.82. The summed E-state index contributed by atoms with van der Waals surface area (Å²) in [4.78, 5) is 2.08. The monoisotopic (exact) mass is 536 g/mol. The zero-order chi connectivity index (χ0) is 28.0. The third-order valence-corrected chi connectivity index (χ3v) is 7.06. The zero-order valence-corrected chi connectivity index (χ0v) is 22.4. The molecule has 1 unspecified atom stereocenters. The highest BCUT2D eigenvalue weighted by atomic mass is 19.4. The Morgan fingerprint density at radius 1 is 0.949 bits per heavy atom. The van der Waals surface area contributed by atoms with Crippen molar-refractivity contribution in [3.63, 3.8) is 0 Å². The summed E-state index contributed by atoms with van der Waals surface area (Å²) in [5.41, 5.74) is 3.68. The minimum absolute atomic E-state index is 0.217. The number of nitrogens with zero attached hydrogens (tertiary/aromatic N) is 1. The average Bonchev–Trinajstić information content (AvgIpc) is 3.77. The van der Waals surface area contributed by atoms with Gasteiger partial charge in [-0.05, 0) is 60.6 Å². The van der Waals surface area contributed by atoms with Crippen molar-refractivity contribution in [1.29, 1.82) is 0 Å². The summed E-state index contributed by atoms with van der Waals surface area (Å²) in [6, 6.07) is 21.0. The number of methoxy groups -OCH3 is 2. The first kappa shape index (κ1) is 28.1. The number of halogens is 3. The van der Waals surface area contributed by atoms with Gasteiger partial charge in [0.25, 0.3) is 0 Å². The van der Waals surface area contributed by atoms with Crippen molar-refractivity contribution in [1.82, 2.24) is 5.32 Å². The molecule has 0 bridgehead atoms. The molecule has 0 amide bonds. The summed E-state index contributed by atoms with van der Waals surface area (Å²) >= 11 is 0. The van der Waals surface area contributed by atoms with E-state index in [9.17, 15) is 13.2 Å². The predicted octanol–water partition coefficient (Wildman–Crippen LogP) is 7.58. The number of hydrogen-bond donors (Lipinski definition) is 1. The smallest absolute Gasteiger partial charge is 0.416 e. The molecule has 4 rings (SSSR count). The standard InChI is InChI=1S/C32H35F3N2O2/c1-22(36-21-25-10-11-25)31(26-8-6-5-7-9-26)23(2)37(28-16-17-29(38-3)30(20-28)39-4)19-18-24-12-14-27(15-13-24)32(33,34)35/h5-9,12-17,20,25,31,36H,1-2,10-11,18-19,21H2,3-4H3. The van der Waals surface area contributed by atoms with Gasteiger partial charge in [-0.3, -0.25) is 0 Å². The van der Waals surface area contributed by atoms with Gasteiger partial charge in [0.2, 0.25) is 0 Å². The topological polar surface area (TPSA) is 33.7 Å². The molecule has 0 aliphatic heterocycles. The molecule has 39 heavy (non-hydrogen) atoms. The van der Waals surface area contributed by atoms with Crippen LogP contribution in [0, 0.1) is 5.92 Å². The van der Waals surface area contributed by atoms with Gasteiger partial charge in [-0.25, -0.2) is 0 Å². The normalized spacial score (nSPS) is 13.9. The van der Waals surface area contributed by atoms with E-state index in [1.54, 1.807) is 14.2 Å². The molecule has 0 radical (unpaired) electrons. The van der Waals surface area contributed by atoms with Crippen LogP contribution in [0.3, 0.4) is 0 Å². The summed E-state index contributed by atoms with van der Waals surface area (Å²) in [5, 5.41) is 3.53. The molecule has 1 N–H and O–H groups in total. The minimum Gasteiger partial charge on any atom is -0.493 e. The molecule has 1 atom stereocenters. The van der Waals surface area contributed by atoms with Gasteiger partial charge in [-0.1, -0.05) is 55.6 Å². The maximum Gasteiger partial charge on any atom is 0.416 e. The van der Waals surface area contributed by atoms with Gasteiger partial charge in [-0.15, -0.1) is 0 Å². The van der Waals surface area contributed by atoms with Gasteiger partial charge >= 0.3 is 6.18 Å². The first-order valence-electron chi connectivity index (χ1n) is 13.0. The Morgan fingerprint density at radius 3 is 2.21 bits per heavy atom. The van der Waals surface area contributed by atoms with Crippen LogP contribution in [0.15, 0.2) is 97.3 Å². The van der Waals surface area contributed by atoms with Gasteiger partial charge in [0, 0.05) is 36.2 Å². The maximum atomic E-state index is 13.1. The Hall–Kier alpha value is -3.87. The summed E-state index contributed by atoms with van der Waals surface area (Å²) in [7, 11) is 3.17. The molecule has 0 aromatic heterocycles. The summed E-state index contributed by atoms with van der Waals surface area (Å²) in [6.07, 6.45) is -1.41. The number of anilines is 1. The van der Waals surface area contributed by atoms with Crippen molar-refractivity contribution < 1.29 is 22.6 Å². The minimum atomic E-state index is -4.37. The van der Waals surface area contributed by atoms with E-state index in [0.29, 0.717) is 30.4 Å². The highest BCUT2D eigenvalue weighted by Gasteiger charge is 2.30. The number of rotatable bonds is 13. The molecule has 0 spiro atoms. The fraction of sp³-hybridized carbons (Fsp3) is 0.312. The van der Waals surface area contributed by atoms with Crippen molar-refractivity contribution in [3.8, 4) is 11.5 Å². The Balaban J connectivity index is 1.66. The lowest BCUT2D eigenvalue weighted by Crippen LogP contribution is -2.32. The Morgan fingerprint density at radius 2 is 1.62 bits per heavy atom. The van der Waals surface area contributed by atoms with Crippen molar-refractivity contribution in [2.45, 2.75) is 31.4 Å². The van der Waals surface area contributed by atoms with E-state index in [-0.39, 0.29) is 5.92 Å². The molecular weight excluding hydrogens is 501 g/mol. The van der Waals surface area contributed by atoms with Crippen LogP contribution in [-0.4, -0.2) is 27.3 Å². The largest absolute Gasteiger partial charge is 0.493 e. The molecule has 1 saturated carbocycles. The molecule has 4 nitrogen and oxygen atoms in total. The summed E-state index contributed by atoms with van der Waals surface area (Å²) in [5.74, 6) is 1.63. The Bertz CT molecular complexity index is 1270. The van der Waals surface area contributed by atoms with Gasteiger partial charge in [0.1, 0.15) is 0 Å². The van der Waals surface area contributed by atoms with Crippen LogP contribution in [0.4, 0.5) is 18.9 Å². The van der Waals surface area contributed by atoms with Gasteiger partial charge in [0.05, 0.1) is 25.7 Å². The van der Waals surface area contributed by atoms with Crippen molar-refractivity contribution >= 4 is 5.69 Å². The molecule has 3 aromatic carbocycles. The SMILES string of the molecule is C=C(NCC1CC1)C(C(=C)N(CCc1ccc(C(F)(F)F)cc1)c1ccc(OC)c(OC)c1)c1ccccc1. The molecule has 7 heteroatoms. The van der Waals surface area contributed by atoms with Gasteiger partial charge in [0.15, 0.2) is 11.5 Å². The van der Waals surface area contributed by atoms with E-state index in [2.05, 4.69) is 35.5 Å². The molecule has 206 valence electrons. The fourth-order valence-corrected chi connectivity index (χ4v) is 4.63. The van der Waals surface area contributed by atoms with Gasteiger partial charge in [-0.2, -0.15) is 13.2 Å². The third kappa shape index (κ3) is 7.16. The fourth-order valence-electron chi connectivity index (χ4n) is 4.63. The van der Waals surface area contributed by atoms with Crippen LogP contribution in [0.25, 0.3) is 0 Å². The number of alkyl halides is 3. The number of ether oxygens (including phenoxy) is 2. The quantitative estimate of drug-likeness (QED) is 0.244. The summed E-state index contributed by atoms with van der Waals surface area (Å²) < 4.78 is 50.2. The van der Waals surface area contributed by atoms with E-state index in [0.717, 1.165) is 46.9 Å². The van der Waals surface area contributed by atoms with E-state index in [4.69, 9.17) is 9.47 Å². The molecule has 1 aliphatic rings. The molecule has 1 aliphatic carbocycles. The Kier molecular flexibility index (Phi) is 8.90. The molecule has 3 aromatic rings. The van der Waals surface area contributed by atoms with Crippen LogP contribution in [0.1, 0.15) is 35.4 Å². The number of hydrogen-bond acceptors (Lipinski definition) is 4. The lowest BCUT2D eigenvalue weighted by Gasteiger charge is -2.34.